The lowest BCUT2D eigenvalue weighted by molar-refractivity contribution is 0.511. The Morgan fingerprint density at radius 1 is 1.60 bits per heavy atom. The van der Waals surface area contributed by atoms with Gasteiger partial charge in [0.2, 0.25) is 0 Å². The summed E-state index contributed by atoms with van der Waals surface area (Å²) in [6.45, 7) is 0.589. The van der Waals surface area contributed by atoms with Crippen molar-refractivity contribution in [2.24, 2.45) is 0 Å². The lowest BCUT2D eigenvalue weighted by Gasteiger charge is -2.01. The molecule has 1 aliphatic rings. The highest BCUT2D eigenvalue weighted by Crippen LogP contribution is 2.20. The Morgan fingerprint density at radius 3 is 2.93 bits per heavy atom. The van der Waals surface area contributed by atoms with Crippen LogP contribution < -0.4 is 5.32 Å². The topological polar surface area (TPSA) is 72.2 Å². The van der Waals surface area contributed by atoms with E-state index in [9.17, 15) is 8.42 Å². The summed E-state index contributed by atoms with van der Waals surface area (Å²) in [4.78, 5) is 4.01. The van der Waals surface area contributed by atoms with Crippen LogP contribution in [0.2, 0.25) is 0 Å². The van der Waals surface area contributed by atoms with Gasteiger partial charge >= 0.3 is 0 Å². The Balaban J connectivity index is 2.00. The average Bonchev–Trinajstić information content (AvgIpc) is 2.84. The molecule has 0 radical (unpaired) electrons. The molecule has 0 atom stereocenters. The Hall–Kier alpha value is -0.880. The largest absolute Gasteiger partial charge is 0.447 e. The Bertz CT molecular complexity index is 434. The van der Waals surface area contributed by atoms with E-state index in [1.807, 2.05) is 0 Å². The van der Waals surface area contributed by atoms with Gasteiger partial charge in [-0.15, -0.1) is 0 Å². The second-order valence-electron chi connectivity index (χ2n) is 3.95. The molecular formula is C9H14N2O3S. The minimum absolute atomic E-state index is 0.0747. The van der Waals surface area contributed by atoms with Crippen molar-refractivity contribution in [3.8, 4) is 0 Å². The van der Waals surface area contributed by atoms with E-state index >= 15 is 0 Å². The highest BCUT2D eigenvalue weighted by atomic mass is 32.2. The Morgan fingerprint density at radius 2 is 2.33 bits per heavy atom. The maximum Gasteiger partial charge on any atom is 0.181 e. The van der Waals surface area contributed by atoms with Gasteiger partial charge in [-0.2, -0.15) is 0 Å². The summed E-state index contributed by atoms with van der Waals surface area (Å²) in [5, 5.41) is 3.27. The third-order valence-electron chi connectivity index (χ3n) is 2.25. The van der Waals surface area contributed by atoms with Crippen LogP contribution in [0.15, 0.2) is 10.8 Å². The smallest absolute Gasteiger partial charge is 0.181 e. The summed E-state index contributed by atoms with van der Waals surface area (Å²) < 4.78 is 27.2. The fourth-order valence-electron chi connectivity index (χ4n) is 1.32. The van der Waals surface area contributed by atoms with Gasteiger partial charge in [-0.3, -0.25) is 0 Å². The summed E-state index contributed by atoms with van der Waals surface area (Å²) in [5.41, 5.74) is 0.701. The molecule has 0 aliphatic heterocycles. The third-order valence-corrected chi connectivity index (χ3v) is 3.04. The van der Waals surface area contributed by atoms with Gasteiger partial charge in [-0.05, 0) is 12.8 Å². The van der Waals surface area contributed by atoms with Gasteiger partial charge < -0.3 is 9.73 Å². The number of rotatable bonds is 5. The SMILES string of the molecule is CS(=O)(=O)Cc1ocnc1CNC1CC1. The quantitative estimate of drug-likeness (QED) is 0.796. The second kappa shape index (κ2) is 3.94. The lowest BCUT2D eigenvalue weighted by Crippen LogP contribution is -2.17. The van der Waals surface area contributed by atoms with Crippen LogP contribution in [0.1, 0.15) is 24.3 Å². The zero-order chi connectivity index (χ0) is 10.9. The van der Waals surface area contributed by atoms with Crippen molar-refractivity contribution in [1.82, 2.24) is 10.3 Å². The predicted octanol–water partition coefficient (Wildman–Crippen LogP) is 0.471. The molecule has 0 spiro atoms. The molecule has 2 rings (SSSR count). The van der Waals surface area contributed by atoms with Crippen molar-refractivity contribution in [2.75, 3.05) is 6.26 Å². The van der Waals surface area contributed by atoms with E-state index in [-0.39, 0.29) is 5.75 Å². The van der Waals surface area contributed by atoms with Crippen molar-refractivity contribution in [2.45, 2.75) is 31.2 Å². The Labute approximate surface area is 88.8 Å². The van der Waals surface area contributed by atoms with Crippen molar-refractivity contribution in [3.63, 3.8) is 0 Å². The van der Waals surface area contributed by atoms with Crippen LogP contribution in [0, 0.1) is 0 Å². The molecule has 0 unspecified atom stereocenters. The third kappa shape index (κ3) is 3.32. The highest BCUT2D eigenvalue weighted by molar-refractivity contribution is 7.89. The van der Waals surface area contributed by atoms with Crippen LogP contribution in [0.3, 0.4) is 0 Å². The summed E-state index contributed by atoms with van der Waals surface area (Å²) in [6.07, 6.45) is 4.87. The van der Waals surface area contributed by atoms with Gasteiger partial charge in [0.05, 0.1) is 5.69 Å². The first-order valence-electron chi connectivity index (χ1n) is 4.87. The van der Waals surface area contributed by atoms with Crippen LogP contribution in [0.25, 0.3) is 0 Å². The average molecular weight is 230 g/mol. The van der Waals surface area contributed by atoms with Crippen LogP contribution in [0.4, 0.5) is 0 Å². The van der Waals surface area contributed by atoms with Crippen molar-refractivity contribution >= 4 is 9.84 Å². The van der Waals surface area contributed by atoms with Gasteiger partial charge in [0.25, 0.3) is 0 Å². The number of oxazole rings is 1. The van der Waals surface area contributed by atoms with Gasteiger partial charge in [0.1, 0.15) is 11.5 Å². The van der Waals surface area contributed by atoms with Crippen molar-refractivity contribution in [3.05, 3.63) is 17.8 Å². The highest BCUT2D eigenvalue weighted by Gasteiger charge is 2.22. The summed E-state index contributed by atoms with van der Waals surface area (Å²) in [7, 11) is -3.05. The maximum atomic E-state index is 11.1. The van der Waals surface area contributed by atoms with E-state index < -0.39 is 9.84 Å². The molecule has 5 nitrogen and oxygen atoms in total. The van der Waals surface area contributed by atoms with E-state index in [0.29, 0.717) is 24.0 Å². The number of nitrogens with zero attached hydrogens (tertiary/aromatic N) is 1. The molecule has 1 saturated carbocycles. The van der Waals surface area contributed by atoms with Crippen LogP contribution in [-0.4, -0.2) is 25.7 Å². The van der Waals surface area contributed by atoms with Crippen molar-refractivity contribution < 1.29 is 12.8 Å². The molecule has 0 saturated heterocycles. The van der Waals surface area contributed by atoms with E-state index in [2.05, 4.69) is 10.3 Å². The zero-order valence-electron chi connectivity index (χ0n) is 8.56. The minimum atomic E-state index is -3.05. The fourth-order valence-corrected chi connectivity index (χ4v) is 2.03. The monoisotopic (exact) mass is 230 g/mol. The number of sulfone groups is 1. The van der Waals surface area contributed by atoms with Gasteiger partial charge in [-0.25, -0.2) is 13.4 Å². The molecule has 1 aliphatic carbocycles. The number of hydrogen-bond donors (Lipinski definition) is 1. The maximum absolute atomic E-state index is 11.1. The first-order valence-corrected chi connectivity index (χ1v) is 6.93. The molecule has 1 aromatic rings. The molecule has 0 aromatic carbocycles. The summed E-state index contributed by atoms with van der Waals surface area (Å²) in [5.74, 6) is 0.375. The minimum Gasteiger partial charge on any atom is -0.447 e. The first kappa shape index (κ1) is 10.6. The molecule has 1 fully saturated rings. The Kier molecular flexibility index (Phi) is 2.79. The molecule has 15 heavy (non-hydrogen) atoms. The lowest BCUT2D eigenvalue weighted by atomic mass is 10.3. The van der Waals surface area contributed by atoms with Gasteiger partial charge in [-0.1, -0.05) is 0 Å². The van der Waals surface area contributed by atoms with E-state index in [4.69, 9.17) is 4.42 Å². The van der Waals surface area contributed by atoms with E-state index in [0.717, 1.165) is 0 Å². The molecule has 0 bridgehead atoms. The van der Waals surface area contributed by atoms with E-state index in [1.165, 1.54) is 25.5 Å². The predicted molar refractivity (Wildman–Crippen MR) is 54.9 cm³/mol. The van der Waals surface area contributed by atoms with Crippen molar-refractivity contribution in [1.29, 1.82) is 0 Å². The normalized spacial score (nSPS) is 16.9. The molecule has 0 amide bonds. The van der Waals surface area contributed by atoms with E-state index in [1.54, 1.807) is 0 Å². The number of aromatic nitrogens is 1. The zero-order valence-corrected chi connectivity index (χ0v) is 9.38. The number of nitrogens with one attached hydrogen (secondary N) is 1. The standard InChI is InChI=1S/C9H14N2O3S/c1-15(12,13)5-9-8(11-6-14-9)4-10-7-2-3-7/h6-7,10H,2-5H2,1H3. The molecular weight excluding hydrogens is 216 g/mol. The molecule has 1 heterocycles. The first-order chi connectivity index (χ1) is 7.04. The van der Waals surface area contributed by atoms with Gasteiger partial charge in [0.15, 0.2) is 16.2 Å². The van der Waals surface area contributed by atoms with Crippen LogP contribution in [-0.2, 0) is 22.1 Å². The molecule has 1 N–H and O–H groups in total. The molecule has 84 valence electrons. The second-order valence-corrected chi connectivity index (χ2v) is 6.09. The molecule has 1 aromatic heterocycles. The summed E-state index contributed by atoms with van der Waals surface area (Å²) >= 11 is 0. The molecule has 6 heteroatoms. The van der Waals surface area contributed by atoms with Crippen LogP contribution >= 0.6 is 0 Å². The fraction of sp³-hybridized carbons (Fsp3) is 0.667. The number of hydrogen-bond acceptors (Lipinski definition) is 5. The van der Waals surface area contributed by atoms with Crippen LogP contribution in [0.5, 0.6) is 0 Å². The van der Waals surface area contributed by atoms with Gasteiger partial charge in [0, 0.05) is 18.8 Å². The summed E-state index contributed by atoms with van der Waals surface area (Å²) in [6, 6.07) is 0.577.